The van der Waals surface area contributed by atoms with Crippen LogP contribution >= 0.6 is 0 Å². The smallest absolute Gasteiger partial charge is 0.306 e. The van der Waals surface area contributed by atoms with Crippen molar-refractivity contribution in [3.8, 4) is 0 Å². The van der Waals surface area contributed by atoms with Gasteiger partial charge in [-0.2, -0.15) is 0 Å². The Balaban J connectivity index is 1.43. The standard InChI is InChI=1S/C17H27NO3/c1-16(2,3)21-14(19)7-6-12-5-4-8-18(11-12)15(20)17-9-13(17)10-17/h12-13H,4-11H2,1-3H3. The highest BCUT2D eigenvalue weighted by molar-refractivity contribution is 5.90. The Hall–Kier alpha value is -1.06. The average molecular weight is 293 g/mol. The Morgan fingerprint density at radius 2 is 1.95 bits per heavy atom. The fourth-order valence-electron chi connectivity index (χ4n) is 3.57. The van der Waals surface area contributed by atoms with Gasteiger partial charge in [0.2, 0.25) is 5.91 Å². The Morgan fingerprint density at radius 3 is 2.52 bits per heavy atom. The fourth-order valence-corrected chi connectivity index (χ4v) is 3.57. The van der Waals surface area contributed by atoms with E-state index in [1.165, 1.54) is 0 Å². The second-order valence-electron chi connectivity index (χ2n) is 8.15. The molecule has 1 atom stereocenters. The zero-order valence-corrected chi connectivity index (χ0v) is 13.5. The van der Waals surface area contributed by atoms with E-state index in [9.17, 15) is 9.59 Å². The number of ether oxygens (including phenoxy) is 1. The SMILES string of the molecule is CC(C)(C)OC(=O)CCC1CCCN(C(=O)C23CC2C3)C1. The molecule has 3 fully saturated rings. The maximum absolute atomic E-state index is 12.4. The second-order valence-corrected chi connectivity index (χ2v) is 8.15. The molecule has 118 valence electrons. The van der Waals surface area contributed by atoms with Gasteiger partial charge in [0.05, 0.1) is 5.41 Å². The van der Waals surface area contributed by atoms with E-state index >= 15 is 0 Å². The predicted molar refractivity (Wildman–Crippen MR) is 79.5 cm³/mol. The van der Waals surface area contributed by atoms with Crippen molar-refractivity contribution in [2.75, 3.05) is 13.1 Å². The van der Waals surface area contributed by atoms with Crippen LogP contribution in [0.2, 0.25) is 0 Å². The molecule has 21 heavy (non-hydrogen) atoms. The van der Waals surface area contributed by atoms with Crippen LogP contribution in [0.4, 0.5) is 0 Å². The van der Waals surface area contributed by atoms with Crippen LogP contribution in [0.15, 0.2) is 0 Å². The molecule has 1 heterocycles. The number of hydrogen-bond donors (Lipinski definition) is 0. The molecule has 1 saturated heterocycles. The summed E-state index contributed by atoms with van der Waals surface area (Å²) in [6, 6.07) is 0. The highest BCUT2D eigenvalue weighted by Crippen LogP contribution is 2.76. The van der Waals surface area contributed by atoms with Gasteiger partial charge in [0, 0.05) is 19.5 Å². The van der Waals surface area contributed by atoms with E-state index in [1.54, 1.807) is 0 Å². The summed E-state index contributed by atoms with van der Waals surface area (Å²) in [7, 11) is 0. The Labute approximate surface area is 127 Å². The first kappa shape index (κ1) is 14.9. The molecule has 3 rings (SSSR count). The lowest BCUT2D eigenvalue weighted by molar-refractivity contribution is -0.155. The summed E-state index contributed by atoms with van der Waals surface area (Å²) in [5, 5.41) is 0. The Morgan fingerprint density at radius 1 is 1.29 bits per heavy atom. The van der Waals surface area contributed by atoms with E-state index in [0.29, 0.717) is 24.2 Å². The Kier molecular flexibility index (Phi) is 3.53. The Bertz CT molecular complexity index is 445. The number of nitrogens with zero attached hydrogens (tertiary/aromatic N) is 1. The topological polar surface area (TPSA) is 46.6 Å². The van der Waals surface area contributed by atoms with Gasteiger partial charge in [0.15, 0.2) is 0 Å². The van der Waals surface area contributed by atoms with Gasteiger partial charge in [0.1, 0.15) is 5.60 Å². The van der Waals surface area contributed by atoms with E-state index < -0.39 is 5.60 Å². The summed E-state index contributed by atoms with van der Waals surface area (Å²) in [6.07, 6.45) is 5.77. The zero-order chi connectivity index (χ0) is 15.3. The molecule has 1 amide bonds. The lowest BCUT2D eigenvalue weighted by Crippen LogP contribution is -2.42. The molecule has 0 aromatic heterocycles. The van der Waals surface area contributed by atoms with Gasteiger partial charge in [-0.15, -0.1) is 0 Å². The summed E-state index contributed by atoms with van der Waals surface area (Å²) in [6.45, 7) is 7.44. The first-order chi connectivity index (χ1) is 9.80. The molecule has 1 unspecified atom stereocenters. The van der Waals surface area contributed by atoms with E-state index in [2.05, 4.69) is 4.90 Å². The number of hydrogen-bond acceptors (Lipinski definition) is 3. The quantitative estimate of drug-likeness (QED) is 0.749. The van der Waals surface area contributed by atoms with Crippen molar-refractivity contribution >= 4 is 11.9 Å². The van der Waals surface area contributed by atoms with Gasteiger partial charge < -0.3 is 9.64 Å². The van der Waals surface area contributed by atoms with Crippen molar-refractivity contribution in [3.05, 3.63) is 0 Å². The van der Waals surface area contributed by atoms with E-state index in [0.717, 1.165) is 45.2 Å². The van der Waals surface area contributed by atoms with Crippen LogP contribution in [0.3, 0.4) is 0 Å². The van der Waals surface area contributed by atoms with Crippen LogP contribution in [0, 0.1) is 17.3 Å². The number of fused-ring (bicyclic) bond motifs is 1. The van der Waals surface area contributed by atoms with Gasteiger partial charge >= 0.3 is 5.97 Å². The van der Waals surface area contributed by atoms with Gasteiger partial charge in [-0.05, 0) is 64.7 Å². The van der Waals surface area contributed by atoms with E-state index in [1.807, 2.05) is 20.8 Å². The van der Waals surface area contributed by atoms with E-state index in [-0.39, 0.29) is 11.4 Å². The molecule has 0 bridgehead atoms. The van der Waals surface area contributed by atoms with Crippen molar-refractivity contribution in [1.82, 2.24) is 4.90 Å². The van der Waals surface area contributed by atoms with Crippen molar-refractivity contribution in [1.29, 1.82) is 0 Å². The average Bonchev–Trinajstić information content (AvgIpc) is 3.23. The highest BCUT2D eigenvalue weighted by Gasteiger charge is 2.75. The van der Waals surface area contributed by atoms with Crippen LogP contribution in [-0.2, 0) is 14.3 Å². The number of amides is 1. The van der Waals surface area contributed by atoms with Gasteiger partial charge in [-0.1, -0.05) is 0 Å². The molecule has 3 aliphatic rings. The number of rotatable bonds is 4. The number of esters is 1. The first-order valence-electron chi connectivity index (χ1n) is 8.31. The number of carbonyl (C=O) groups excluding carboxylic acids is 2. The molecule has 0 aromatic carbocycles. The minimum atomic E-state index is -0.405. The third kappa shape index (κ3) is 3.24. The van der Waals surface area contributed by atoms with Gasteiger partial charge in [-0.3, -0.25) is 9.59 Å². The zero-order valence-electron chi connectivity index (χ0n) is 13.5. The molecule has 1 aliphatic heterocycles. The molecule has 2 saturated carbocycles. The van der Waals surface area contributed by atoms with Crippen molar-refractivity contribution < 1.29 is 14.3 Å². The third-order valence-electron chi connectivity index (χ3n) is 5.09. The first-order valence-corrected chi connectivity index (χ1v) is 8.31. The molecule has 2 aliphatic carbocycles. The van der Waals surface area contributed by atoms with Crippen molar-refractivity contribution in [3.63, 3.8) is 0 Å². The van der Waals surface area contributed by atoms with Crippen LogP contribution in [0.25, 0.3) is 0 Å². The lowest BCUT2D eigenvalue weighted by Gasteiger charge is -2.33. The maximum Gasteiger partial charge on any atom is 0.306 e. The molecule has 0 radical (unpaired) electrons. The minimum Gasteiger partial charge on any atom is -0.460 e. The monoisotopic (exact) mass is 293 g/mol. The van der Waals surface area contributed by atoms with Gasteiger partial charge in [0.25, 0.3) is 0 Å². The highest BCUT2D eigenvalue weighted by atomic mass is 16.6. The summed E-state index contributed by atoms with van der Waals surface area (Å²) >= 11 is 0. The number of likely N-dealkylation sites (tertiary alicyclic amines) is 1. The number of piperidine rings is 1. The van der Waals surface area contributed by atoms with Crippen LogP contribution in [0.1, 0.15) is 59.3 Å². The molecule has 4 heteroatoms. The van der Waals surface area contributed by atoms with Crippen LogP contribution in [0.5, 0.6) is 0 Å². The van der Waals surface area contributed by atoms with Crippen LogP contribution in [-0.4, -0.2) is 35.5 Å². The van der Waals surface area contributed by atoms with Crippen molar-refractivity contribution in [2.45, 2.75) is 64.9 Å². The normalized spacial score (nSPS) is 34.1. The maximum atomic E-state index is 12.4. The van der Waals surface area contributed by atoms with E-state index in [4.69, 9.17) is 4.74 Å². The third-order valence-corrected chi connectivity index (χ3v) is 5.09. The molecule has 0 aromatic rings. The van der Waals surface area contributed by atoms with Crippen molar-refractivity contribution in [2.24, 2.45) is 17.3 Å². The van der Waals surface area contributed by atoms with Gasteiger partial charge in [-0.25, -0.2) is 0 Å². The summed E-state index contributed by atoms with van der Waals surface area (Å²) in [5.74, 6) is 1.46. The minimum absolute atomic E-state index is 0.0903. The summed E-state index contributed by atoms with van der Waals surface area (Å²) in [4.78, 5) is 26.3. The molecule has 4 nitrogen and oxygen atoms in total. The molecule has 0 spiro atoms. The molecule has 0 N–H and O–H groups in total. The number of carbonyl (C=O) groups is 2. The fraction of sp³-hybridized carbons (Fsp3) is 0.882. The molecular formula is C17H27NO3. The largest absolute Gasteiger partial charge is 0.460 e. The summed E-state index contributed by atoms with van der Waals surface area (Å²) < 4.78 is 5.35. The lowest BCUT2D eigenvalue weighted by atomic mass is 9.92. The van der Waals surface area contributed by atoms with Crippen LogP contribution < -0.4 is 0 Å². The second kappa shape index (κ2) is 4.99. The summed E-state index contributed by atoms with van der Waals surface area (Å²) in [5.41, 5.74) is -0.315. The predicted octanol–water partition coefficient (Wildman–Crippen LogP) is 2.76. The molecular weight excluding hydrogens is 266 g/mol.